The molecular weight excluding hydrogens is 236 g/mol. The van der Waals surface area contributed by atoms with Crippen molar-refractivity contribution in [3.63, 3.8) is 0 Å². The molecule has 0 spiro atoms. The molecule has 90 valence electrons. The molecule has 0 unspecified atom stereocenters. The monoisotopic (exact) mass is 254 g/mol. The first-order valence-electron chi connectivity index (χ1n) is 4.93. The highest BCUT2D eigenvalue weighted by Gasteiger charge is 2.42. The first-order valence-corrected chi connectivity index (χ1v) is 6.39. The van der Waals surface area contributed by atoms with Gasteiger partial charge in [0.05, 0.1) is 18.0 Å². The summed E-state index contributed by atoms with van der Waals surface area (Å²) in [5.41, 5.74) is -0.437. The number of aliphatic hydroxyl groups excluding tert-OH is 3. The maximum atomic E-state index is 9.81. The van der Waals surface area contributed by atoms with Gasteiger partial charge < -0.3 is 20.1 Å². The summed E-state index contributed by atoms with van der Waals surface area (Å²) in [5, 5.41) is 28.2. The molecule has 0 saturated carbocycles. The number of thioether (sulfide) groups is 1. The zero-order chi connectivity index (χ0) is 11.6. The molecule has 1 rings (SSSR count). The van der Waals surface area contributed by atoms with Crippen molar-refractivity contribution in [1.82, 2.24) is 0 Å². The van der Waals surface area contributed by atoms with E-state index in [0.29, 0.717) is 5.25 Å². The van der Waals surface area contributed by atoms with Crippen molar-refractivity contribution in [1.29, 1.82) is 0 Å². The molecule has 3 N–H and O–H groups in total. The molecule has 1 heterocycles. The minimum atomic E-state index is -0.933. The first-order chi connectivity index (χ1) is 6.97. The molecule has 1 aliphatic heterocycles. The molecule has 4 nitrogen and oxygen atoms in total. The minimum absolute atomic E-state index is 0.264. The molecule has 0 amide bonds. The molecule has 15 heavy (non-hydrogen) atoms. The van der Waals surface area contributed by atoms with Crippen LogP contribution in [0.15, 0.2) is 0 Å². The van der Waals surface area contributed by atoms with Gasteiger partial charge >= 0.3 is 0 Å². The summed E-state index contributed by atoms with van der Waals surface area (Å²) < 4.78 is 5.41. The molecule has 0 aromatic rings. The van der Waals surface area contributed by atoms with Gasteiger partial charge in [-0.2, -0.15) is 12.6 Å². The van der Waals surface area contributed by atoms with Crippen LogP contribution in [0.25, 0.3) is 0 Å². The molecule has 0 aromatic heterocycles. The molecule has 5 atom stereocenters. The SMILES string of the molecule is CC(C)S[C@@H]1O[C@H](CO)[C@H](O)[C@@H](S)[C@H]1O. The van der Waals surface area contributed by atoms with E-state index in [4.69, 9.17) is 9.84 Å². The van der Waals surface area contributed by atoms with Gasteiger partial charge in [0.1, 0.15) is 17.6 Å². The zero-order valence-corrected chi connectivity index (χ0v) is 10.5. The molecule has 1 fully saturated rings. The molecular formula is C9H18O4S2. The van der Waals surface area contributed by atoms with Gasteiger partial charge in [-0.3, -0.25) is 0 Å². The number of ether oxygens (including phenoxy) is 1. The smallest absolute Gasteiger partial charge is 0.131 e. The van der Waals surface area contributed by atoms with Crippen LogP contribution in [-0.4, -0.2) is 56.2 Å². The van der Waals surface area contributed by atoms with Crippen molar-refractivity contribution < 1.29 is 20.1 Å². The minimum Gasteiger partial charge on any atom is -0.394 e. The third-order valence-corrected chi connectivity index (χ3v) is 4.07. The normalized spacial score (nSPS) is 42.2. The van der Waals surface area contributed by atoms with E-state index >= 15 is 0 Å². The zero-order valence-electron chi connectivity index (χ0n) is 8.78. The molecule has 1 aliphatic rings. The van der Waals surface area contributed by atoms with Gasteiger partial charge in [0.15, 0.2) is 0 Å². The Labute approximate surface area is 99.4 Å². The van der Waals surface area contributed by atoms with E-state index in [1.54, 1.807) is 0 Å². The number of aliphatic hydroxyl groups is 3. The number of hydrogen-bond acceptors (Lipinski definition) is 6. The van der Waals surface area contributed by atoms with E-state index in [9.17, 15) is 10.2 Å². The van der Waals surface area contributed by atoms with Crippen LogP contribution in [-0.2, 0) is 4.74 Å². The van der Waals surface area contributed by atoms with Crippen molar-refractivity contribution >= 4 is 24.4 Å². The van der Waals surface area contributed by atoms with Crippen molar-refractivity contribution in [2.45, 2.75) is 48.1 Å². The summed E-state index contributed by atoms with van der Waals surface area (Å²) in [6.45, 7) is 3.72. The molecule has 0 bridgehead atoms. The fraction of sp³-hybridized carbons (Fsp3) is 1.00. The second-order valence-electron chi connectivity index (χ2n) is 3.88. The predicted octanol–water partition coefficient (Wildman–Crippen LogP) is -0.135. The Kier molecular flexibility index (Phi) is 5.21. The van der Waals surface area contributed by atoms with Crippen molar-refractivity contribution in [3.05, 3.63) is 0 Å². The lowest BCUT2D eigenvalue weighted by Gasteiger charge is -2.40. The van der Waals surface area contributed by atoms with Crippen LogP contribution in [0.2, 0.25) is 0 Å². The topological polar surface area (TPSA) is 69.9 Å². The lowest BCUT2D eigenvalue weighted by molar-refractivity contribution is -0.145. The molecule has 1 saturated heterocycles. The highest BCUT2D eigenvalue weighted by atomic mass is 32.2. The van der Waals surface area contributed by atoms with Gasteiger partial charge in [-0.15, -0.1) is 11.8 Å². The Morgan fingerprint density at radius 1 is 1.33 bits per heavy atom. The summed E-state index contributed by atoms with van der Waals surface area (Å²) in [6.07, 6.45) is -2.41. The van der Waals surface area contributed by atoms with E-state index < -0.39 is 29.0 Å². The number of hydrogen-bond donors (Lipinski definition) is 4. The Morgan fingerprint density at radius 2 is 1.93 bits per heavy atom. The van der Waals surface area contributed by atoms with Crippen LogP contribution in [0.4, 0.5) is 0 Å². The van der Waals surface area contributed by atoms with Crippen LogP contribution in [0.5, 0.6) is 0 Å². The van der Waals surface area contributed by atoms with Gasteiger partial charge in [0, 0.05) is 5.25 Å². The standard InChI is InChI=1S/C9H18O4S2/c1-4(2)15-9-7(12)8(14)6(11)5(3-10)13-9/h4-12,14H,3H2,1-2H3/t5-,6+,7-,8-,9+/m1/s1. The third kappa shape index (κ3) is 3.25. The van der Waals surface area contributed by atoms with Gasteiger partial charge in [-0.25, -0.2) is 0 Å². The van der Waals surface area contributed by atoms with Gasteiger partial charge in [0.2, 0.25) is 0 Å². The second kappa shape index (κ2) is 5.75. The van der Waals surface area contributed by atoms with Crippen LogP contribution in [0, 0.1) is 0 Å². The fourth-order valence-electron chi connectivity index (χ4n) is 1.45. The van der Waals surface area contributed by atoms with Gasteiger partial charge in [-0.1, -0.05) is 13.8 Å². The van der Waals surface area contributed by atoms with Crippen LogP contribution in [0.3, 0.4) is 0 Å². The first kappa shape index (κ1) is 13.6. The van der Waals surface area contributed by atoms with Crippen molar-refractivity contribution in [2.75, 3.05) is 6.61 Å². The van der Waals surface area contributed by atoms with E-state index in [1.807, 2.05) is 13.8 Å². The molecule has 0 radical (unpaired) electrons. The third-order valence-electron chi connectivity index (χ3n) is 2.25. The lowest BCUT2D eigenvalue weighted by atomic mass is 10.0. The van der Waals surface area contributed by atoms with E-state index in [-0.39, 0.29) is 6.61 Å². The van der Waals surface area contributed by atoms with Crippen LogP contribution < -0.4 is 0 Å². The average molecular weight is 254 g/mol. The summed E-state index contributed by atoms with van der Waals surface area (Å²) >= 11 is 5.61. The summed E-state index contributed by atoms with van der Waals surface area (Å²) in [7, 11) is 0. The summed E-state index contributed by atoms with van der Waals surface area (Å²) in [4.78, 5) is 0. The fourth-order valence-corrected chi connectivity index (χ4v) is 2.99. The highest BCUT2D eigenvalue weighted by Crippen LogP contribution is 2.32. The average Bonchev–Trinajstić information content (AvgIpc) is 2.18. The molecule has 6 heteroatoms. The quantitative estimate of drug-likeness (QED) is 0.528. The van der Waals surface area contributed by atoms with Gasteiger partial charge in [-0.05, 0) is 0 Å². The van der Waals surface area contributed by atoms with E-state index in [0.717, 1.165) is 0 Å². The Balaban J connectivity index is 2.65. The Hall–Kier alpha value is 0.540. The maximum Gasteiger partial charge on any atom is 0.131 e. The maximum absolute atomic E-state index is 9.81. The Morgan fingerprint density at radius 3 is 2.40 bits per heavy atom. The van der Waals surface area contributed by atoms with Crippen molar-refractivity contribution in [2.24, 2.45) is 0 Å². The largest absolute Gasteiger partial charge is 0.394 e. The molecule has 0 aliphatic carbocycles. The Bertz CT molecular complexity index is 201. The number of rotatable bonds is 3. The summed E-state index contributed by atoms with van der Waals surface area (Å²) in [5.74, 6) is 0. The predicted molar refractivity (Wildman–Crippen MR) is 63.3 cm³/mol. The lowest BCUT2D eigenvalue weighted by Crippen LogP contribution is -2.55. The molecule has 0 aromatic carbocycles. The van der Waals surface area contributed by atoms with Crippen LogP contribution in [0.1, 0.15) is 13.8 Å². The van der Waals surface area contributed by atoms with Crippen molar-refractivity contribution in [3.8, 4) is 0 Å². The van der Waals surface area contributed by atoms with Gasteiger partial charge in [0.25, 0.3) is 0 Å². The highest BCUT2D eigenvalue weighted by molar-refractivity contribution is 8.00. The second-order valence-corrected chi connectivity index (χ2v) is 6.16. The van der Waals surface area contributed by atoms with Crippen LogP contribution >= 0.6 is 24.4 Å². The number of thiol groups is 1. The van der Waals surface area contributed by atoms with E-state index in [2.05, 4.69) is 12.6 Å². The summed E-state index contributed by atoms with van der Waals surface area (Å²) in [6, 6.07) is 0. The van der Waals surface area contributed by atoms with E-state index in [1.165, 1.54) is 11.8 Å².